The molecule has 0 bridgehead atoms. The van der Waals surface area contributed by atoms with Gasteiger partial charge in [0.15, 0.2) is 0 Å². The molecule has 0 aliphatic heterocycles. The SMILES string of the molecule is CCCCCCCCCCCCOc1ccc(-c2ccc([C@H]3CCCC[C@@H]3O)c(F)c2)cc1. The lowest BCUT2D eigenvalue weighted by Gasteiger charge is -2.28. The molecule has 3 heteroatoms. The van der Waals surface area contributed by atoms with Crippen LogP contribution in [0, 0.1) is 5.82 Å². The number of halogens is 1. The fourth-order valence-electron chi connectivity index (χ4n) is 5.00. The third kappa shape index (κ3) is 8.45. The Morgan fingerprint density at radius 2 is 1.39 bits per heavy atom. The molecule has 1 saturated carbocycles. The fraction of sp³-hybridized carbons (Fsp3) is 0.600. The van der Waals surface area contributed by atoms with Crippen molar-refractivity contribution < 1.29 is 14.2 Å². The first-order valence-corrected chi connectivity index (χ1v) is 13.4. The van der Waals surface area contributed by atoms with Crippen molar-refractivity contribution in [3.8, 4) is 16.9 Å². The van der Waals surface area contributed by atoms with Gasteiger partial charge < -0.3 is 9.84 Å². The molecule has 2 aromatic carbocycles. The summed E-state index contributed by atoms with van der Waals surface area (Å²) in [7, 11) is 0. The standard InChI is InChI=1S/C30H43FO2/c1-2-3-4-5-6-7-8-9-10-13-22-33-26-19-16-24(17-20-26)25-18-21-27(29(31)23-25)28-14-11-12-15-30(28)32/h16-21,23,28,30,32H,2-15,22H2,1H3/t28-,30+/m1/s1. The maximum Gasteiger partial charge on any atom is 0.127 e. The van der Waals surface area contributed by atoms with E-state index in [-0.39, 0.29) is 11.7 Å². The minimum Gasteiger partial charge on any atom is -0.494 e. The second-order valence-corrected chi connectivity index (χ2v) is 9.75. The van der Waals surface area contributed by atoms with Gasteiger partial charge in [0.2, 0.25) is 0 Å². The average Bonchev–Trinajstić information content (AvgIpc) is 2.83. The van der Waals surface area contributed by atoms with Crippen LogP contribution in [-0.4, -0.2) is 17.8 Å². The van der Waals surface area contributed by atoms with Crippen LogP contribution >= 0.6 is 0 Å². The van der Waals surface area contributed by atoms with Gasteiger partial charge in [-0.05, 0) is 54.2 Å². The normalized spacial score (nSPS) is 18.4. The van der Waals surface area contributed by atoms with Gasteiger partial charge >= 0.3 is 0 Å². The van der Waals surface area contributed by atoms with Gasteiger partial charge in [0.05, 0.1) is 12.7 Å². The zero-order valence-corrected chi connectivity index (χ0v) is 20.5. The predicted molar refractivity (Wildman–Crippen MR) is 136 cm³/mol. The third-order valence-corrected chi connectivity index (χ3v) is 7.08. The van der Waals surface area contributed by atoms with Crippen LogP contribution in [0.25, 0.3) is 11.1 Å². The van der Waals surface area contributed by atoms with Crippen molar-refractivity contribution in [2.24, 2.45) is 0 Å². The number of aliphatic hydroxyl groups is 1. The average molecular weight is 455 g/mol. The van der Waals surface area contributed by atoms with E-state index in [1.54, 1.807) is 6.07 Å². The van der Waals surface area contributed by atoms with E-state index in [1.807, 2.05) is 36.4 Å². The van der Waals surface area contributed by atoms with Crippen LogP contribution in [0.3, 0.4) is 0 Å². The summed E-state index contributed by atoms with van der Waals surface area (Å²) in [4.78, 5) is 0. The van der Waals surface area contributed by atoms with Crippen LogP contribution in [0.2, 0.25) is 0 Å². The molecule has 3 rings (SSSR count). The Hall–Kier alpha value is -1.87. The van der Waals surface area contributed by atoms with Gasteiger partial charge in [-0.15, -0.1) is 0 Å². The lowest BCUT2D eigenvalue weighted by molar-refractivity contribution is 0.104. The molecular weight excluding hydrogens is 411 g/mol. The summed E-state index contributed by atoms with van der Waals surface area (Å²) in [6.45, 7) is 3.02. The highest BCUT2D eigenvalue weighted by Crippen LogP contribution is 2.36. The second-order valence-electron chi connectivity index (χ2n) is 9.75. The number of hydrogen-bond donors (Lipinski definition) is 1. The van der Waals surface area contributed by atoms with Gasteiger partial charge in [-0.25, -0.2) is 4.39 Å². The van der Waals surface area contributed by atoms with Gasteiger partial charge in [0.1, 0.15) is 11.6 Å². The Balaban J connectivity index is 1.37. The molecule has 0 saturated heterocycles. The largest absolute Gasteiger partial charge is 0.494 e. The highest BCUT2D eigenvalue weighted by molar-refractivity contribution is 5.64. The molecular formula is C30H43FO2. The molecule has 2 aromatic rings. The van der Waals surface area contributed by atoms with Crippen LogP contribution in [0.1, 0.15) is 108 Å². The van der Waals surface area contributed by atoms with Gasteiger partial charge in [0.25, 0.3) is 0 Å². The van der Waals surface area contributed by atoms with Crippen molar-refractivity contribution in [1.82, 2.24) is 0 Å². The molecule has 0 heterocycles. The van der Waals surface area contributed by atoms with Gasteiger partial charge in [-0.2, -0.15) is 0 Å². The smallest absolute Gasteiger partial charge is 0.127 e. The summed E-state index contributed by atoms with van der Waals surface area (Å²) in [6, 6.07) is 13.4. The molecule has 0 unspecified atom stereocenters. The Morgan fingerprint density at radius 1 is 0.788 bits per heavy atom. The zero-order chi connectivity index (χ0) is 23.3. The molecule has 0 radical (unpaired) electrons. The van der Waals surface area contributed by atoms with E-state index >= 15 is 0 Å². The Bertz CT molecular complexity index is 801. The maximum atomic E-state index is 14.8. The van der Waals surface area contributed by atoms with Crippen LogP contribution < -0.4 is 4.74 Å². The highest BCUT2D eigenvalue weighted by atomic mass is 19.1. The molecule has 33 heavy (non-hydrogen) atoms. The molecule has 2 atom stereocenters. The number of rotatable bonds is 14. The van der Waals surface area contributed by atoms with Crippen molar-refractivity contribution in [1.29, 1.82) is 0 Å². The van der Waals surface area contributed by atoms with Crippen molar-refractivity contribution in [3.05, 3.63) is 53.8 Å². The monoisotopic (exact) mass is 454 g/mol. The topological polar surface area (TPSA) is 29.5 Å². The Labute approximate surface area is 200 Å². The second kappa shape index (κ2) is 14.4. The number of ether oxygens (including phenoxy) is 1. The van der Waals surface area contributed by atoms with Crippen LogP contribution in [0.4, 0.5) is 4.39 Å². The summed E-state index contributed by atoms with van der Waals surface area (Å²) in [6.07, 6.45) is 16.5. The van der Waals surface area contributed by atoms with Crippen LogP contribution in [0.5, 0.6) is 5.75 Å². The predicted octanol–water partition coefficient (Wildman–Crippen LogP) is 8.81. The maximum absolute atomic E-state index is 14.8. The molecule has 1 aliphatic carbocycles. The number of benzene rings is 2. The summed E-state index contributed by atoms with van der Waals surface area (Å²) < 4.78 is 20.7. The van der Waals surface area contributed by atoms with Crippen molar-refractivity contribution in [2.75, 3.05) is 6.61 Å². The highest BCUT2D eigenvalue weighted by Gasteiger charge is 2.26. The van der Waals surface area contributed by atoms with Crippen molar-refractivity contribution >= 4 is 0 Å². The molecule has 1 aliphatic rings. The van der Waals surface area contributed by atoms with E-state index in [0.29, 0.717) is 5.56 Å². The quantitative estimate of drug-likeness (QED) is 0.289. The first-order valence-electron chi connectivity index (χ1n) is 13.4. The molecule has 0 amide bonds. The molecule has 0 aromatic heterocycles. The molecule has 182 valence electrons. The van der Waals surface area contributed by atoms with E-state index in [0.717, 1.165) is 55.6 Å². The lowest BCUT2D eigenvalue weighted by Crippen LogP contribution is -2.23. The summed E-state index contributed by atoms with van der Waals surface area (Å²) in [5.74, 6) is 0.589. The fourth-order valence-corrected chi connectivity index (χ4v) is 5.00. The molecule has 1 fully saturated rings. The molecule has 1 N–H and O–H groups in total. The number of unbranched alkanes of at least 4 members (excludes halogenated alkanes) is 9. The summed E-state index contributed by atoms with van der Waals surface area (Å²) in [5.41, 5.74) is 2.50. The van der Waals surface area contributed by atoms with Crippen LogP contribution in [-0.2, 0) is 0 Å². The van der Waals surface area contributed by atoms with Crippen molar-refractivity contribution in [3.63, 3.8) is 0 Å². The molecule has 2 nitrogen and oxygen atoms in total. The third-order valence-electron chi connectivity index (χ3n) is 7.08. The summed E-state index contributed by atoms with van der Waals surface area (Å²) in [5, 5.41) is 10.3. The van der Waals surface area contributed by atoms with Gasteiger partial charge in [-0.3, -0.25) is 0 Å². The van der Waals surface area contributed by atoms with E-state index in [9.17, 15) is 9.50 Å². The number of aliphatic hydroxyl groups excluding tert-OH is 1. The molecule has 0 spiro atoms. The van der Waals surface area contributed by atoms with E-state index in [1.165, 1.54) is 57.8 Å². The van der Waals surface area contributed by atoms with Gasteiger partial charge in [-0.1, -0.05) is 102 Å². The lowest BCUT2D eigenvalue weighted by atomic mass is 9.81. The Kier molecular flexibility index (Phi) is 11.2. The Morgan fingerprint density at radius 3 is 2.03 bits per heavy atom. The minimum atomic E-state index is -0.425. The van der Waals surface area contributed by atoms with Crippen LogP contribution in [0.15, 0.2) is 42.5 Å². The minimum absolute atomic E-state index is 0.0747. The van der Waals surface area contributed by atoms with Gasteiger partial charge in [0, 0.05) is 5.92 Å². The number of hydrogen-bond acceptors (Lipinski definition) is 2. The van der Waals surface area contributed by atoms with E-state index < -0.39 is 6.10 Å². The summed E-state index contributed by atoms with van der Waals surface area (Å²) >= 11 is 0. The first kappa shape index (κ1) is 25.7. The zero-order valence-electron chi connectivity index (χ0n) is 20.5. The first-order chi connectivity index (χ1) is 16.2. The van der Waals surface area contributed by atoms with E-state index in [2.05, 4.69) is 6.92 Å². The van der Waals surface area contributed by atoms with E-state index in [4.69, 9.17) is 4.74 Å². The van der Waals surface area contributed by atoms with Crippen molar-refractivity contribution in [2.45, 2.75) is 109 Å².